The lowest BCUT2D eigenvalue weighted by Gasteiger charge is -2.28. The van der Waals surface area contributed by atoms with E-state index in [0.29, 0.717) is 16.8 Å². The molecule has 1 aliphatic rings. The minimum atomic E-state index is -0.502. The van der Waals surface area contributed by atoms with E-state index in [0.717, 1.165) is 11.3 Å². The fraction of sp³-hybridized carbons (Fsp3) is 0.158. The molecule has 2 aromatic carbocycles. The maximum Gasteiger partial charge on any atom is 0.319 e. The molecule has 3 rings (SSSR count). The van der Waals surface area contributed by atoms with E-state index >= 15 is 0 Å². The Labute approximate surface area is 140 Å². The van der Waals surface area contributed by atoms with E-state index < -0.39 is 6.04 Å². The first-order valence-corrected chi connectivity index (χ1v) is 7.62. The Kier molecular flexibility index (Phi) is 4.33. The normalized spacial score (nSPS) is 17.1. The topological polar surface area (TPSA) is 67.4 Å². The van der Waals surface area contributed by atoms with E-state index in [1.807, 2.05) is 42.5 Å². The van der Waals surface area contributed by atoms with E-state index in [2.05, 4.69) is 10.6 Å². The number of nitrogens with one attached hydrogen (secondary N) is 2. The number of rotatable bonds is 4. The summed E-state index contributed by atoms with van der Waals surface area (Å²) in [6.07, 6.45) is 0. The highest BCUT2D eigenvalue weighted by Gasteiger charge is 2.31. The van der Waals surface area contributed by atoms with Crippen LogP contribution in [0.4, 0.5) is 4.79 Å². The average Bonchev–Trinajstić information content (AvgIpc) is 2.61. The number of methoxy groups -OCH3 is 1. The molecule has 0 saturated heterocycles. The van der Waals surface area contributed by atoms with Crippen molar-refractivity contribution < 1.29 is 14.3 Å². The molecule has 0 unspecified atom stereocenters. The monoisotopic (exact) mass is 322 g/mol. The van der Waals surface area contributed by atoms with Crippen LogP contribution < -0.4 is 15.4 Å². The van der Waals surface area contributed by atoms with Crippen LogP contribution >= 0.6 is 0 Å². The zero-order chi connectivity index (χ0) is 17.1. The van der Waals surface area contributed by atoms with E-state index in [9.17, 15) is 9.59 Å². The van der Waals surface area contributed by atoms with Crippen molar-refractivity contribution in [3.05, 3.63) is 77.0 Å². The van der Waals surface area contributed by atoms with Gasteiger partial charge in [-0.25, -0.2) is 4.79 Å². The van der Waals surface area contributed by atoms with Gasteiger partial charge in [0.2, 0.25) is 0 Å². The van der Waals surface area contributed by atoms with Crippen LogP contribution in [-0.4, -0.2) is 18.9 Å². The lowest BCUT2D eigenvalue weighted by molar-refractivity contribution is 0.102. The third-order valence-corrected chi connectivity index (χ3v) is 4.00. The third kappa shape index (κ3) is 3.01. The van der Waals surface area contributed by atoms with Gasteiger partial charge in [0.1, 0.15) is 5.75 Å². The summed E-state index contributed by atoms with van der Waals surface area (Å²) in [5.74, 6) is 0.608. The summed E-state index contributed by atoms with van der Waals surface area (Å²) in [5, 5.41) is 5.52. The molecule has 0 radical (unpaired) electrons. The quantitative estimate of drug-likeness (QED) is 0.849. The van der Waals surface area contributed by atoms with E-state index in [1.165, 1.54) is 0 Å². The molecule has 0 fully saturated rings. The first-order valence-electron chi connectivity index (χ1n) is 7.62. The second-order valence-corrected chi connectivity index (χ2v) is 5.54. The molecule has 1 heterocycles. The summed E-state index contributed by atoms with van der Waals surface area (Å²) in [6, 6.07) is 15.5. The SMILES string of the molecule is COc1ccc([C@@H]2NC(=O)NC(C)=C2C(=O)c2ccccc2)cc1. The summed E-state index contributed by atoms with van der Waals surface area (Å²) < 4.78 is 5.16. The summed E-state index contributed by atoms with van der Waals surface area (Å²) in [4.78, 5) is 24.8. The van der Waals surface area contributed by atoms with Crippen LogP contribution in [0.2, 0.25) is 0 Å². The van der Waals surface area contributed by atoms with Crippen molar-refractivity contribution in [2.45, 2.75) is 13.0 Å². The van der Waals surface area contributed by atoms with Crippen molar-refractivity contribution in [2.75, 3.05) is 7.11 Å². The molecule has 122 valence electrons. The lowest BCUT2D eigenvalue weighted by atomic mass is 9.89. The number of hydrogen-bond acceptors (Lipinski definition) is 3. The van der Waals surface area contributed by atoms with Gasteiger partial charge in [-0.15, -0.1) is 0 Å². The van der Waals surface area contributed by atoms with E-state index in [-0.39, 0.29) is 11.8 Å². The van der Waals surface area contributed by atoms with E-state index in [4.69, 9.17) is 4.74 Å². The first kappa shape index (κ1) is 15.8. The molecule has 1 atom stereocenters. The molecule has 0 spiro atoms. The molecule has 0 aromatic heterocycles. The van der Waals surface area contributed by atoms with Gasteiger partial charge < -0.3 is 15.4 Å². The Morgan fingerprint density at radius 2 is 1.71 bits per heavy atom. The predicted molar refractivity (Wildman–Crippen MR) is 90.9 cm³/mol. The number of ether oxygens (including phenoxy) is 1. The van der Waals surface area contributed by atoms with Crippen LogP contribution in [0.1, 0.15) is 28.9 Å². The fourth-order valence-electron chi connectivity index (χ4n) is 2.79. The Bertz CT molecular complexity index is 795. The largest absolute Gasteiger partial charge is 0.497 e. The third-order valence-electron chi connectivity index (χ3n) is 4.00. The van der Waals surface area contributed by atoms with Crippen LogP contribution in [0, 0.1) is 0 Å². The number of hydrogen-bond donors (Lipinski definition) is 2. The van der Waals surface area contributed by atoms with Gasteiger partial charge in [0.25, 0.3) is 0 Å². The Morgan fingerprint density at radius 1 is 1.04 bits per heavy atom. The molecular weight excluding hydrogens is 304 g/mol. The smallest absolute Gasteiger partial charge is 0.319 e. The van der Waals surface area contributed by atoms with E-state index in [1.54, 1.807) is 26.2 Å². The number of carbonyl (C=O) groups is 2. The maximum atomic E-state index is 12.9. The zero-order valence-corrected chi connectivity index (χ0v) is 13.5. The van der Waals surface area contributed by atoms with Gasteiger partial charge >= 0.3 is 6.03 Å². The molecule has 2 amide bonds. The van der Waals surface area contributed by atoms with Gasteiger partial charge in [-0.05, 0) is 24.6 Å². The number of carbonyl (C=O) groups excluding carboxylic acids is 2. The summed E-state index contributed by atoms with van der Waals surface area (Å²) in [6.45, 7) is 1.74. The second kappa shape index (κ2) is 6.58. The van der Waals surface area contributed by atoms with Crippen molar-refractivity contribution in [2.24, 2.45) is 0 Å². The molecule has 0 saturated carbocycles. The first-order chi connectivity index (χ1) is 11.6. The van der Waals surface area contributed by atoms with Gasteiger partial charge in [0.05, 0.1) is 13.2 Å². The second-order valence-electron chi connectivity index (χ2n) is 5.54. The van der Waals surface area contributed by atoms with Crippen LogP contribution in [-0.2, 0) is 0 Å². The van der Waals surface area contributed by atoms with Crippen molar-refractivity contribution in [1.82, 2.24) is 10.6 Å². The maximum absolute atomic E-state index is 12.9. The molecule has 0 aliphatic carbocycles. The van der Waals surface area contributed by atoms with Gasteiger partial charge in [-0.3, -0.25) is 4.79 Å². The minimum absolute atomic E-state index is 0.110. The minimum Gasteiger partial charge on any atom is -0.497 e. The lowest BCUT2D eigenvalue weighted by Crippen LogP contribution is -2.45. The zero-order valence-electron chi connectivity index (χ0n) is 13.5. The number of benzene rings is 2. The molecule has 1 aliphatic heterocycles. The highest BCUT2D eigenvalue weighted by molar-refractivity contribution is 6.11. The van der Waals surface area contributed by atoms with Crippen LogP contribution in [0.25, 0.3) is 0 Å². The highest BCUT2D eigenvalue weighted by atomic mass is 16.5. The van der Waals surface area contributed by atoms with Crippen molar-refractivity contribution in [3.63, 3.8) is 0 Å². The summed E-state index contributed by atoms with van der Waals surface area (Å²) in [5.41, 5.74) is 2.51. The van der Waals surface area contributed by atoms with Crippen LogP contribution in [0.3, 0.4) is 0 Å². The number of amides is 2. The summed E-state index contributed by atoms with van der Waals surface area (Å²) >= 11 is 0. The number of Topliss-reactive ketones (excluding diaryl/α,β-unsaturated/α-hetero) is 1. The van der Waals surface area contributed by atoms with Crippen molar-refractivity contribution >= 4 is 11.8 Å². The Hall–Kier alpha value is -3.08. The number of ketones is 1. The van der Waals surface area contributed by atoms with Gasteiger partial charge in [-0.1, -0.05) is 42.5 Å². The Balaban J connectivity index is 2.03. The van der Waals surface area contributed by atoms with Gasteiger partial charge in [0, 0.05) is 16.8 Å². The molecular formula is C19H18N2O3. The molecule has 24 heavy (non-hydrogen) atoms. The fourth-order valence-corrected chi connectivity index (χ4v) is 2.79. The average molecular weight is 322 g/mol. The number of allylic oxidation sites excluding steroid dienone is 1. The molecule has 5 heteroatoms. The molecule has 2 N–H and O–H groups in total. The van der Waals surface area contributed by atoms with Crippen molar-refractivity contribution in [1.29, 1.82) is 0 Å². The van der Waals surface area contributed by atoms with Gasteiger partial charge in [0.15, 0.2) is 5.78 Å². The van der Waals surface area contributed by atoms with Crippen LogP contribution in [0.15, 0.2) is 65.9 Å². The van der Waals surface area contributed by atoms with Crippen LogP contribution in [0.5, 0.6) is 5.75 Å². The predicted octanol–water partition coefficient (Wildman–Crippen LogP) is 3.21. The van der Waals surface area contributed by atoms with Gasteiger partial charge in [-0.2, -0.15) is 0 Å². The highest BCUT2D eigenvalue weighted by Crippen LogP contribution is 2.30. The summed E-state index contributed by atoms with van der Waals surface area (Å²) in [7, 11) is 1.59. The molecule has 0 bridgehead atoms. The molecule has 5 nitrogen and oxygen atoms in total. The van der Waals surface area contributed by atoms with Crippen molar-refractivity contribution in [3.8, 4) is 5.75 Å². The number of urea groups is 1. The standard InChI is InChI=1S/C19H18N2O3/c1-12-16(18(22)14-6-4-3-5-7-14)17(21-19(23)20-12)13-8-10-15(24-2)11-9-13/h3-11,17H,1-2H3,(H2,20,21,23)/t17-/m0/s1. The Morgan fingerprint density at radius 3 is 2.33 bits per heavy atom. The molecule has 2 aromatic rings.